The van der Waals surface area contributed by atoms with E-state index in [1.165, 1.54) is 22.3 Å². The number of benzene rings is 16. The molecule has 0 N–H and O–H groups in total. The van der Waals surface area contributed by atoms with Crippen LogP contribution in [0.4, 0.5) is 34.1 Å². The number of anilines is 6. The van der Waals surface area contributed by atoms with Crippen LogP contribution < -0.4 is 26.2 Å². The van der Waals surface area contributed by atoms with E-state index in [1.807, 2.05) is 72.8 Å². The van der Waals surface area contributed by atoms with E-state index in [0.29, 0.717) is 40.1 Å². The second kappa shape index (κ2) is 29.6. The molecular formula is C119H103BN8. The van der Waals surface area contributed by atoms with Crippen molar-refractivity contribution in [1.29, 1.82) is 0 Å². The SMILES string of the molecule is [2H]c1c([2H])c([2H])c2c(c1[2H])c1c([2H])c([2H])c([2H])c([2H])c1n2-c1ccc2c(c1)N(c1c(-c3ccccc3)cc(C(C)(C)C)cc1-c1nc(-c3ccccc3)nc(-c3ccccc3)n1)c1cc(-n3c4ccc(C(C)(C)C)cc4c4cc(C(C)(C)C)ccc43)cc3c1B2c1ccc(-n2c4ccc(C(C)(C)C)cc4c4cc(C(C)(C)C)ccc42)cc1N3c1ccc(-c2ccccc2)cc1-c1ccccc1. The van der Waals surface area contributed by atoms with Gasteiger partial charge in [-0.3, -0.25) is 0 Å². The van der Waals surface area contributed by atoms with Crippen molar-refractivity contribution in [3.63, 3.8) is 0 Å². The molecule has 0 aliphatic carbocycles. The van der Waals surface area contributed by atoms with Crippen LogP contribution in [0, 0.1) is 0 Å². The van der Waals surface area contributed by atoms with Gasteiger partial charge in [-0.15, -0.1) is 0 Å². The summed E-state index contributed by atoms with van der Waals surface area (Å²) in [6, 6.07) is 106. The Balaban J connectivity index is 0.969. The quantitative estimate of drug-likeness (QED) is 0.121. The molecule has 0 atom stereocenters. The van der Waals surface area contributed by atoms with Crippen LogP contribution >= 0.6 is 0 Å². The number of rotatable bonds is 11. The largest absolute Gasteiger partial charge is 0.311 e. The van der Waals surface area contributed by atoms with E-state index in [2.05, 4.69) is 353 Å². The molecule has 4 aromatic heterocycles. The van der Waals surface area contributed by atoms with Crippen molar-refractivity contribution in [2.75, 3.05) is 9.80 Å². The Morgan fingerprint density at radius 2 is 0.594 bits per heavy atom. The zero-order valence-electron chi connectivity index (χ0n) is 83.0. The molecule has 128 heavy (non-hydrogen) atoms. The monoisotopic (exact) mass is 1660 g/mol. The number of aromatic nitrogens is 6. The Morgan fingerprint density at radius 3 is 1.02 bits per heavy atom. The summed E-state index contributed by atoms with van der Waals surface area (Å²) >= 11 is 0. The van der Waals surface area contributed by atoms with Gasteiger partial charge >= 0.3 is 0 Å². The van der Waals surface area contributed by atoms with E-state index < -0.39 is 60.5 Å². The number of nitrogens with zero attached hydrogens (tertiary/aromatic N) is 8. The molecule has 0 bridgehead atoms. The molecule has 2 aliphatic rings. The molecule has 0 saturated heterocycles. The second-order valence-electron chi connectivity index (χ2n) is 39.9. The molecule has 8 nitrogen and oxygen atoms in total. The number of hydrogen-bond donors (Lipinski definition) is 0. The first-order chi connectivity index (χ1) is 65.0. The van der Waals surface area contributed by atoms with Gasteiger partial charge in [-0.05, 0) is 215 Å². The van der Waals surface area contributed by atoms with Gasteiger partial charge < -0.3 is 23.5 Å². The van der Waals surface area contributed by atoms with Crippen LogP contribution in [0.1, 0.15) is 143 Å². The van der Waals surface area contributed by atoms with Crippen molar-refractivity contribution in [1.82, 2.24) is 28.7 Å². The molecule has 0 unspecified atom stereocenters. The molecule has 6 heterocycles. The predicted octanol–water partition coefficient (Wildman–Crippen LogP) is 29.7. The van der Waals surface area contributed by atoms with E-state index in [0.717, 1.165) is 144 Å². The molecular weight excluding hydrogens is 1550 g/mol. The van der Waals surface area contributed by atoms with Crippen molar-refractivity contribution in [3.05, 3.63) is 379 Å². The Morgan fingerprint density at radius 1 is 0.242 bits per heavy atom. The molecule has 0 amide bonds. The average Bonchev–Trinajstić information content (AvgIpc) is 0.936. The van der Waals surface area contributed by atoms with Crippen LogP contribution in [0.15, 0.2) is 352 Å². The standard InChI is InChI=1S/C119H103BN8/c1-115(2,3)80-50-59-102-92(64-80)93-65-81(116(4,5)6)51-60-103(93)125(102)85-54-56-97-106(70-85)127(101-58-49-79(74-35-21-16-22-36-74)63-90(101)75-37-23-17-24-38-75)108-72-87(126-104-61-52-82(117(7,8)9)66-94(104)95-67-83(118(10,11)12)53-62-105(95)126)73-109-110(108)120(97)98-57-55-86(124-99-47-33-31-45-88(99)89-46-32-34-48-100(89)124)71-107(98)128(109)111-91(76-39-25-18-26-40-76)68-84(119(13,14)15)69-96(111)114-122-112(77-41-27-19-28-42-77)121-113(123-114)78-43-29-20-30-44-78/h16-73H,1-15H3/i31D,32D,33D,34D,45D,46D,47D,48D. The van der Waals surface area contributed by atoms with Gasteiger partial charge in [0.05, 0.1) is 61.1 Å². The Labute approximate surface area is 762 Å². The summed E-state index contributed by atoms with van der Waals surface area (Å²) in [5, 5.41) is 4.45. The van der Waals surface area contributed by atoms with Crippen molar-refractivity contribution >= 4 is 123 Å². The molecule has 16 aromatic carbocycles. The van der Waals surface area contributed by atoms with Gasteiger partial charge in [-0.1, -0.05) is 334 Å². The first-order valence-electron chi connectivity index (χ1n) is 48.6. The third-order valence-corrected chi connectivity index (χ3v) is 26.5. The maximum absolute atomic E-state index is 10.2. The van der Waals surface area contributed by atoms with Crippen LogP contribution in [-0.4, -0.2) is 35.4 Å². The van der Waals surface area contributed by atoms with Crippen molar-refractivity contribution < 1.29 is 11.0 Å². The first-order valence-corrected chi connectivity index (χ1v) is 44.6. The van der Waals surface area contributed by atoms with Crippen LogP contribution in [0.3, 0.4) is 0 Å². The summed E-state index contributed by atoms with van der Waals surface area (Å²) in [5.74, 6) is 1.30. The van der Waals surface area contributed by atoms with Crippen molar-refractivity contribution in [2.24, 2.45) is 0 Å². The molecule has 2 aliphatic heterocycles. The second-order valence-corrected chi connectivity index (χ2v) is 39.9. The van der Waals surface area contributed by atoms with Gasteiger partial charge in [0.15, 0.2) is 17.5 Å². The average molecular weight is 1660 g/mol. The Bertz CT molecular complexity index is 8120. The third-order valence-electron chi connectivity index (χ3n) is 26.5. The highest BCUT2D eigenvalue weighted by atomic mass is 15.2. The van der Waals surface area contributed by atoms with Gasteiger partial charge in [0.2, 0.25) is 0 Å². The highest BCUT2D eigenvalue weighted by Crippen LogP contribution is 2.55. The lowest BCUT2D eigenvalue weighted by Gasteiger charge is -2.46. The molecule has 0 fully saturated rings. The topological polar surface area (TPSA) is 59.9 Å². The van der Waals surface area contributed by atoms with E-state index in [1.54, 1.807) is 4.57 Å². The third kappa shape index (κ3) is 13.3. The highest BCUT2D eigenvalue weighted by molar-refractivity contribution is 7.00. The molecule has 0 spiro atoms. The van der Waals surface area contributed by atoms with E-state index in [9.17, 15) is 11.0 Å². The summed E-state index contributed by atoms with van der Waals surface area (Å²) in [5.41, 5.74) is 26.4. The van der Waals surface area contributed by atoms with Gasteiger partial charge in [0.1, 0.15) is 0 Å². The van der Waals surface area contributed by atoms with Gasteiger partial charge in [0, 0.05) is 94.3 Å². The fourth-order valence-electron chi connectivity index (χ4n) is 19.6. The molecule has 22 rings (SSSR count). The van der Waals surface area contributed by atoms with Crippen molar-refractivity contribution in [3.8, 4) is 84.6 Å². The van der Waals surface area contributed by atoms with Gasteiger partial charge in [0.25, 0.3) is 6.71 Å². The minimum absolute atomic E-state index is 0.00356. The smallest absolute Gasteiger partial charge is 0.252 e. The number of para-hydroxylation sites is 2. The summed E-state index contributed by atoms with van der Waals surface area (Å²) in [6.45, 7) is 33.5. The minimum Gasteiger partial charge on any atom is -0.311 e. The zero-order chi connectivity index (χ0) is 94.7. The van der Waals surface area contributed by atoms with Crippen LogP contribution in [0.2, 0.25) is 0 Å². The summed E-state index contributed by atoms with van der Waals surface area (Å²) < 4.78 is 84.5. The molecule has 20 aromatic rings. The summed E-state index contributed by atoms with van der Waals surface area (Å²) in [7, 11) is 0. The molecule has 622 valence electrons. The maximum atomic E-state index is 10.2. The van der Waals surface area contributed by atoms with E-state index >= 15 is 0 Å². The maximum Gasteiger partial charge on any atom is 0.252 e. The summed E-state index contributed by atoms with van der Waals surface area (Å²) in [6.07, 6.45) is 0. The fourth-order valence-corrected chi connectivity index (χ4v) is 19.6. The lowest BCUT2D eigenvalue weighted by atomic mass is 9.33. The predicted molar refractivity (Wildman–Crippen MR) is 543 cm³/mol. The van der Waals surface area contributed by atoms with Crippen molar-refractivity contribution in [2.45, 2.75) is 131 Å². The zero-order valence-corrected chi connectivity index (χ0v) is 75.0. The fraction of sp³-hybridized carbons (Fsp3) is 0.168. The van der Waals surface area contributed by atoms with E-state index in [-0.39, 0.29) is 43.5 Å². The van der Waals surface area contributed by atoms with Gasteiger partial charge in [-0.25, -0.2) is 15.0 Å². The normalized spacial score (nSPS) is 13.9. The number of fused-ring (bicyclic) bond motifs is 13. The highest BCUT2D eigenvalue weighted by Gasteiger charge is 2.47. The minimum atomic E-state index is -0.649. The first kappa shape index (κ1) is 70.8. The molecule has 0 saturated carbocycles. The lowest BCUT2D eigenvalue weighted by Crippen LogP contribution is -2.61. The van der Waals surface area contributed by atoms with Gasteiger partial charge in [-0.2, -0.15) is 0 Å². The van der Waals surface area contributed by atoms with Crippen LogP contribution in [0.5, 0.6) is 0 Å². The lowest BCUT2D eigenvalue weighted by molar-refractivity contribution is 0.590. The number of hydrogen-bond acceptors (Lipinski definition) is 5. The molecule has 0 radical (unpaired) electrons. The van der Waals surface area contributed by atoms with Crippen LogP contribution in [-0.2, 0) is 27.1 Å². The molecule has 9 heteroatoms. The van der Waals surface area contributed by atoms with E-state index in [4.69, 9.17) is 15.0 Å². The Kier molecular flexibility index (Phi) is 16.4. The summed E-state index contributed by atoms with van der Waals surface area (Å²) in [4.78, 5) is 22.0. The Hall–Kier alpha value is -14.4. The van der Waals surface area contributed by atoms with Crippen LogP contribution in [0.25, 0.3) is 150 Å².